The third kappa shape index (κ3) is 5.28. The van der Waals surface area contributed by atoms with Gasteiger partial charge in [0.25, 0.3) is 5.91 Å². The summed E-state index contributed by atoms with van der Waals surface area (Å²) in [6.45, 7) is 2.43. The molecule has 1 aromatic heterocycles. The van der Waals surface area contributed by atoms with Gasteiger partial charge in [-0.1, -0.05) is 60.7 Å². The van der Waals surface area contributed by atoms with Gasteiger partial charge in [-0.05, 0) is 41.5 Å². The van der Waals surface area contributed by atoms with E-state index in [1.165, 1.54) is 5.56 Å². The van der Waals surface area contributed by atoms with Gasteiger partial charge in [0.1, 0.15) is 11.4 Å². The normalized spacial score (nSPS) is 10.9. The van der Waals surface area contributed by atoms with Crippen LogP contribution in [0.5, 0.6) is 0 Å². The summed E-state index contributed by atoms with van der Waals surface area (Å²) < 4.78 is 0.687. The predicted molar refractivity (Wildman–Crippen MR) is 111 cm³/mol. The molecule has 1 amide bonds. The minimum atomic E-state index is -0.151. The Labute approximate surface area is 167 Å². The number of hydrogen-bond acceptors (Lipinski definition) is 3. The lowest BCUT2D eigenvalue weighted by Crippen LogP contribution is -2.28. The zero-order valence-corrected chi connectivity index (χ0v) is 16.9. The molecule has 0 saturated heterocycles. The Bertz CT molecular complexity index is 864. The van der Waals surface area contributed by atoms with Crippen LogP contribution in [0.2, 0.25) is 0 Å². The van der Waals surface area contributed by atoms with Gasteiger partial charge in [0.15, 0.2) is 0 Å². The van der Waals surface area contributed by atoms with Crippen LogP contribution in [0, 0.1) is 0 Å². The maximum Gasteiger partial charge on any atom is 0.270 e. The van der Waals surface area contributed by atoms with E-state index in [9.17, 15) is 4.79 Å². The molecule has 0 bridgehead atoms. The smallest absolute Gasteiger partial charge is 0.270 e. The lowest BCUT2D eigenvalue weighted by molar-refractivity contribution is 0.0946. The number of aromatic nitrogens is 2. The Morgan fingerprint density at radius 1 is 1.11 bits per heavy atom. The number of nitrogens with one attached hydrogen (secondary N) is 2. The number of rotatable bonds is 8. The largest absolute Gasteiger partial charge is 0.351 e. The third-order valence-electron chi connectivity index (χ3n) is 4.28. The molecule has 0 aliphatic rings. The van der Waals surface area contributed by atoms with Gasteiger partial charge >= 0.3 is 0 Å². The van der Waals surface area contributed by atoms with Crippen molar-refractivity contribution in [1.29, 1.82) is 0 Å². The first-order valence-corrected chi connectivity index (χ1v) is 9.74. The van der Waals surface area contributed by atoms with Gasteiger partial charge in [0.2, 0.25) is 0 Å². The molecular formula is C21H23BrN4O. The van der Waals surface area contributed by atoms with E-state index in [0.29, 0.717) is 16.7 Å². The van der Waals surface area contributed by atoms with Crippen molar-refractivity contribution in [2.75, 3.05) is 20.1 Å². The fourth-order valence-corrected chi connectivity index (χ4v) is 3.47. The van der Waals surface area contributed by atoms with Crippen molar-refractivity contribution in [1.82, 2.24) is 20.4 Å². The molecule has 0 aliphatic carbocycles. The van der Waals surface area contributed by atoms with E-state index in [2.05, 4.69) is 67.7 Å². The molecule has 0 saturated carbocycles. The minimum Gasteiger partial charge on any atom is -0.351 e. The van der Waals surface area contributed by atoms with E-state index >= 15 is 0 Å². The summed E-state index contributed by atoms with van der Waals surface area (Å²) in [6.07, 6.45) is 0.881. The predicted octanol–water partition coefficient (Wildman–Crippen LogP) is 4.09. The van der Waals surface area contributed by atoms with Crippen LogP contribution in [0.1, 0.15) is 22.5 Å². The van der Waals surface area contributed by atoms with Gasteiger partial charge in [0, 0.05) is 18.7 Å². The number of nitrogens with zero attached hydrogens (tertiary/aromatic N) is 2. The summed E-state index contributed by atoms with van der Waals surface area (Å²) in [5, 5.41) is 10.1. The first kappa shape index (κ1) is 19.3. The van der Waals surface area contributed by atoms with E-state index in [1.807, 2.05) is 36.4 Å². The molecule has 27 heavy (non-hydrogen) atoms. The zero-order chi connectivity index (χ0) is 19.1. The van der Waals surface area contributed by atoms with Crippen molar-refractivity contribution in [3.63, 3.8) is 0 Å². The highest BCUT2D eigenvalue weighted by molar-refractivity contribution is 9.10. The molecule has 1 heterocycles. The first-order valence-electron chi connectivity index (χ1n) is 8.95. The molecule has 0 aliphatic heterocycles. The number of benzene rings is 2. The fourth-order valence-electron chi connectivity index (χ4n) is 2.88. The summed E-state index contributed by atoms with van der Waals surface area (Å²) in [4.78, 5) is 14.7. The number of aromatic amines is 1. The van der Waals surface area contributed by atoms with Crippen LogP contribution >= 0.6 is 15.9 Å². The van der Waals surface area contributed by atoms with E-state index in [4.69, 9.17) is 0 Å². The fraction of sp³-hybridized carbons (Fsp3) is 0.238. The van der Waals surface area contributed by atoms with Crippen LogP contribution in [-0.4, -0.2) is 41.1 Å². The maximum absolute atomic E-state index is 12.4. The molecule has 0 unspecified atom stereocenters. The summed E-state index contributed by atoms with van der Waals surface area (Å²) >= 11 is 3.50. The van der Waals surface area contributed by atoms with Gasteiger partial charge in [-0.25, -0.2) is 0 Å². The van der Waals surface area contributed by atoms with Crippen molar-refractivity contribution in [2.45, 2.75) is 13.0 Å². The topological polar surface area (TPSA) is 61.0 Å². The summed E-state index contributed by atoms with van der Waals surface area (Å²) in [5.74, 6) is -0.151. The van der Waals surface area contributed by atoms with Gasteiger partial charge < -0.3 is 10.2 Å². The second-order valence-corrected chi connectivity index (χ2v) is 7.25. The third-order valence-corrected chi connectivity index (χ3v) is 5.05. The molecule has 0 atom stereocenters. The van der Waals surface area contributed by atoms with Crippen LogP contribution < -0.4 is 5.32 Å². The van der Waals surface area contributed by atoms with Crippen LogP contribution in [0.15, 0.2) is 65.1 Å². The molecule has 140 valence electrons. The van der Waals surface area contributed by atoms with Crippen molar-refractivity contribution in [2.24, 2.45) is 0 Å². The highest BCUT2D eigenvalue weighted by atomic mass is 79.9. The van der Waals surface area contributed by atoms with Gasteiger partial charge in [-0.2, -0.15) is 5.10 Å². The molecule has 3 rings (SSSR count). The number of H-pyrrole nitrogens is 1. The summed E-state index contributed by atoms with van der Waals surface area (Å²) in [5.41, 5.74) is 3.44. The zero-order valence-electron chi connectivity index (χ0n) is 15.3. The average molecular weight is 427 g/mol. The lowest BCUT2D eigenvalue weighted by atomic mass is 10.1. The van der Waals surface area contributed by atoms with E-state index < -0.39 is 0 Å². The molecule has 0 spiro atoms. The summed E-state index contributed by atoms with van der Waals surface area (Å²) in [6, 6.07) is 20.1. The number of hydrogen-bond donors (Lipinski definition) is 2. The Morgan fingerprint density at radius 2 is 1.78 bits per heavy atom. The Balaban J connectivity index is 1.47. The van der Waals surface area contributed by atoms with Gasteiger partial charge in [0.05, 0.1) is 4.47 Å². The number of carbonyl (C=O) groups is 1. The molecule has 2 N–H and O–H groups in total. The Morgan fingerprint density at radius 3 is 2.48 bits per heavy atom. The first-order chi connectivity index (χ1) is 13.1. The average Bonchev–Trinajstić information content (AvgIpc) is 3.08. The number of halogens is 1. The number of carbonyl (C=O) groups excluding carboxylic acids is 1. The minimum absolute atomic E-state index is 0.151. The second-order valence-electron chi connectivity index (χ2n) is 6.46. The summed E-state index contributed by atoms with van der Waals surface area (Å²) in [7, 11) is 2.09. The van der Waals surface area contributed by atoms with Crippen molar-refractivity contribution >= 4 is 21.8 Å². The van der Waals surface area contributed by atoms with Gasteiger partial charge in [-0.3, -0.25) is 9.89 Å². The van der Waals surface area contributed by atoms with Crippen molar-refractivity contribution in [3.8, 4) is 11.3 Å². The number of amides is 1. The lowest BCUT2D eigenvalue weighted by Gasteiger charge is -2.16. The highest BCUT2D eigenvalue weighted by Gasteiger charge is 2.17. The van der Waals surface area contributed by atoms with Crippen molar-refractivity contribution < 1.29 is 4.79 Å². The SMILES string of the molecule is CN(CCCNC(=O)c1[nH]nc(-c2ccccc2)c1Br)Cc1ccccc1. The van der Waals surface area contributed by atoms with E-state index in [0.717, 1.165) is 30.8 Å². The van der Waals surface area contributed by atoms with Gasteiger partial charge in [-0.15, -0.1) is 0 Å². The maximum atomic E-state index is 12.4. The highest BCUT2D eigenvalue weighted by Crippen LogP contribution is 2.28. The Hall–Kier alpha value is -2.44. The molecular weight excluding hydrogens is 404 g/mol. The standard InChI is InChI=1S/C21H23BrN4O/c1-26(15-16-9-4-2-5-10-16)14-8-13-23-21(27)20-18(22)19(24-25-20)17-11-6-3-7-12-17/h2-7,9-12H,8,13-15H2,1H3,(H,23,27)(H,24,25). The molecule has 0 radical (unpaired) electrons. The molecule has 6 heteroatoms. The molecule has 2 aromatic carbocycles. The quantitative estimate of drug-likeness (QED) is 0.533. The molecule has 0 fully saturated rings. The molecule has 5 nitrogen and oxygen atoms in total. The van der Waals surface area contributed by atoms with Crippen LogP contribution in [0.25, 0.3) is 11.3 Å². The van der Waals surface area contributed by atoms with Crippen LogP contribution in [0.3, 0.4) is 0 Å². The van der Waals surface area contributed by atoms with E-state index in [-0.39, 0.29) is 5.91 Å². The second kappa shape index (κ2) is 9.48. The van der Waals surface area contributed by atoms with Crippen molar-refractivity contribution in [3.05, 3.63) is 76.4 Å². The van der Waals surface area contributed by atoms with Crippen LogP contribution in [0.4, 0.5) is 0 Å². The Kier molecular flexibility index (Phi) is 6.79. The monoisotopic (exact) mass is 426 g/mol. The van der Waals surface area contributed by atoms with Crippen LogP contribution in [-0.2, 0) is 6.54 Å². The molecule has 3 aromatic rings. The van der Waals surface area contributed by atoms with E-state index in [1.54, 1.807) is 0 Å².